The third-order valence-corrected chi connectivity index (χ3v) is 5.38. The summed E-state index contributed by atoms with van der Waals surface area (Å²) in [4.78, 5) is 12.5. The van der Waals surface area contributed by atoms with Crippen molar-refractivity contribution < 1.29 is 9.53 Å². The molecule has 0 N–H and O–H groups in total. The molecular weight excluding hydrogens is 272 g/mol. The van der Waals surface area contributed by atoms with Gasteiger partial charge < -0.3 is 4.74 Å². The number of hydrogen-bond donors (Lipinski definition) is 0. The highest BCUT2D eigenvalue weighted by Crippen LogP contribution is 2.55. The van der Waals surface area contributed by atoms with Crippen LogP contribution in [0.1, 0.15) is 25.3 Å². The molecule has 2 heteroatoms. The van der Waals surface area contributed by atoms with Crippen LogP contribution in [0.15, 0.2) is 54.6 Å². The van der Waals surface area contributed by atoms with Crippen LogP contribution in [-0.4, -0.2) is 12.1 Å². The Balaban J connectivity index is 1.73. The number of esters is 1. The van der Waals surface area contributed by atoms with E-state index in [4.69, 9.17) is 4.74 Å². The lowest BCUT2D eigenvalue weighted by Crippen LogP contribution is -2.32. The maximum atomic E-state index is 12.5. The number of cyclic esters (lactones) is 1. The first-order chi connectivity index (χ1) is 10.6. The highest BCUT2D eigenvalue weighted by Gasteiger charge is 2.58. The Hall–Kier alpha value is -2.09. The normalized spacial score (nSPS) is 30.6. The van der Waals surface area contributed by atoms with Crippen LogP contribution < -0.4 is 0 Å². The minimum Gasteiger partial charge on any atom is -0.462 e. The Bertz CT molecular complexity index is 776. The summed E-state index contributed by atoms with van der Waals surface area (Å²) in [5.41, 5.74) is 2.01. The zero-order chi connectivity index (χ0) is 15.3. The number of hydrogen-bond acceptors (Lipinski definition) is 2. The summed E-state index contributed by atoms with van der Waals surface area (Å²) < 4.78 is 5.56. The maximum Gasteiger partial charge on any atom is 0.313 e. The molecule has 0 bridgehead atoms. The van der Waals surface area contributed by atoms with Gasteiger partial charge in [-0.25, -0.2) is 0 Å². The summed E-state index contributed by atoms with van der Waals surface area (Å²) in [6, 6.07) is 14.8. The fourth-order valence-corrected chi connectivity index (χ4v) is 4.34. The summed E-state index contributed by atoms with van der Waals surface area (Å²) in [7, 11) is 0. The van der Waals surface area contributed by atoms with E-state index in [0.29, 0.717) is 0 Å². The first kappa shape index (κ1) is 13.6. The van der Waals surface area contributed by atoms with Crippen LogP contribution in [0.25, 0.3) is 10.8 Å². The molecule has 1 saturated carbocycles. The molecule has 2 aliphatic rings. The van der Waals surface area contributed by atoms with E-state index < -0.39 is 0 Å². The van der Waals surface area contributed by atoms with Gasteiger partial charge in [0.15, 0.2) is 0 Å². The number of carbonyl (C=O) groups excluding carboxylic acids is 1. The molecule has 4 rings (SSSR count). The molecule has 22 heavy (non-hydrogen) atoms. The highest BCUT2D eigenvalue weighted by molar-refractivity contribution is 5.84. The van der Waals surface area contributed by atoms with Gasteiger partial charge in [0, 0.05) is 5.92 Å². The van der Waals surface area contributed by atoms with Crippen LogP contribution in [0.3, 0.4) is 0 Å². The standard InChI is InChI=1S/C20H20O2/c1-13-9-18-14(2)22-19(21)20(18,11-13)12-15-7-8-16-5-3-4-6-17(16)10-15/h3-8,10,14,18H,1,9,11-12H2,2H3/t14-,18+,20-/m0/s1. The van der Waals surface area contributed by atoms with E-state index in [2.05, 4.69) is 43.0 Å². The van der Waals surface area contributed by atoms with Crippen molar-refractivity contribution in [1.29, 1.82) is 0 Å². The Morgan fingerprint density at radius 3 is 2.82 bits per heavy atom. The van der Waals surface area contributed by atoms with Crippen LogP contribution >= 0.6 is 0 Å². The molecule has 1 aliphatic heterocycles. The quantitative estimate of drug-likeness (QED) is 0.610. The van der Waals surface area contributed by atoms with E-state index in [9.17, 15) is 4.79 Å². The molecule has 0 radical (unpaired) electrons. The first-order valence-electron chi connectivity index (χ1n) is 7.94. The first-order valence-corrected chi connectivity index (χ1v) is 7.94. The maximum absolute atomic E-state index is 12.5. The molecule has 1 aliphatic carbocycles. The van der Waals surface area contributed by atoms with Crippen molar-refractivity contribution in [2.24, 2.45) is 11.3 Å². The number of benzene rings is 2. The number of carbonyl (C=O) groups is 1. The van der Waals surface area contributed by atoms with Gasteiger partial charge in [0.05, 0.1) is 5.41 Å². The summed E-state index contributed by atoms with van der Waals surface area (Å²) in [5.74, 6) is 0.246. The lowest BCUT2D eigenvalue weighted by molar-refractivity contribution is -0.148. The van der Waals surface area contributed by atoms with Gasteiger partial charge in [-0.3, -0.25) is 4.79 Å². The topological polar surface area (TPSA) is 26.3 Å². The van der Waals surface area contributed by atoms with E-state index in [-0.39, 0.29) is 23.4 Å². The lowest BCUT2D eigenvalue weighted by atomic mass is 9.73. The van der Waals surface area contributed by atoms with Crippen molar-refractivity contribution in [3.05, 3.63) is 60.2 Å². The van der Waals surface area contributed by atoms with Crippen molar-refractivity contribution in [3.63, 3.8) is 0 Å². The minimum absolute atomic E-state index is 0.00667. The SMILES string of the molecule is C=C1C[C@@H]2[C@H](C)OC(=O)[C@]2(Cc2ccc3ccccc3c2)C1. The second kappa shape index (κ2) is 4.70. The summed E-state index contributed by atoms with van der Waals surface area (Å²) in [6.07, 6.45) is 2.45. The van der Waals surface area contributed by atoms with Crippen molar-refractivity contribution in [3.8, 4) is 0 Å². The number of ether oxygens (including phenoxy) is 1. The van der Waals surface area contributed by atoms with Gasteiger partial charge in [-0.2, -0.15) is 0 Å². The zero-order valence-corrected chi connectivity index (χ0v) is 12.8. The number of allylic oxidation sites excluding steroid dienone is 1. The van der Waals surface area contributed by atoms with Gasteiger partial charge in [0.2, 0.25) is 0 Å². The van der Waals surface area contributed by atoms with Crippen molar-refractivity contribution >= 4 is 16.7 Å². The molecule has 0 aromatic heterocycles. The van der Waals surface area contributed by atoms with E-state index in [1.54, 1.807) is 0 Å². The average molecular weight is 292 g/mol. The monoisotopic (exact) mass is 292 g/mol. The third kappa shape index (κ3) is 1.90. The second-order valence-electron chi connectivity index (χ2n) is 6.86. The fraction of sp³-hybridized carbons (Fsp3) is 0.350. The third-order valence-electron chi connectivity index (χ3n) is 5.38. The van der Waals surface area contributed by atoms with Gasteiger partial charge in [0.25, 0.3) is 0 Å². The molecule has 2 aromatic rings. The molecule has 1 heterocycles. The number of fused-ring (bicyclic) bond motifs is 2. The van der Waals surface area contributed by atoms with Crippen LogP contribution in [0.2, 0.25) is 0 Å². The highest BCUT2D eigenvalue weighted by atomic mass is 16.6. The lowest BCUT2D eigenvalue weighted by Gasteiger charge is -2.25. The largest absolute Gasteiger partial charge is 0.462 e. The molecule has 0 amide bonds. The van der Waals surface area contributed by atoms with Crippen molar-refractivity contribution in [2.45, 2.75) is 32.3 Å². The van der Waals surface area contributed by atoms with Crippen LogP contribution in [0.4, 0.5) is 0 Å². The summed E-state index contributed by atoms with van der Waals surface area (Å²) in [6.45, 7) is 6.15. The zero-order valence-electron chi connectivity index (χ0n) is 12.8. The molecule has 0 spiro atoms. The summed E-state index contributed by atoms with van der Waals surface area (Å²) in [5, 5.41) is 2.46. The molecule has 2 fully saturated rings. The molecule has 0 unspecified atom stereocenters. The second-order valence-corrected chi connectivity index (χ2v) is 6.86. The predicted molar refractivity (Wildman–Crippen MR) is 87.5 cm³/mol. The van der Waals surface area contributed by atoms with Gasteiger partial charge in [-0.15, -0.1) is 0 Å². The van der Waals surface area contributed by atoms with Crippen LogP contribution in [0, 0.1) is 11.3 Å². The van der Waals surface area contributed by atoms with E-state index in [1.807, 2.05) is 13.0 Å². The molecule has 2 nitrogen and oxygen atoms in total. The Morgan fingerprint density at radius 2 is 2.00 bits per heavy atom. The molecule has 1 saturated heterocycles. The predicted octanol–water partition coefficient (Wildman–Crippen LogP) is 4.28. The minimum atomic E-state index is -0.390. The van der Waals surface area contributed by atoms with Crippen LogP contribution in [0.5, 0.6) is 0 Å². The fourth-order valence-electron chi connectivity index (χ4n) is 4.34. The van der Waals surface area contributed by atoms with Crippen LogP contribution in [-0.2, 0) is 16.0 Å². The van der Waals surface area contributed by atoms with Crippen molar-refractivity contribution in [2.75, 3.05) is 0 Å². The van der Waals surface area contributed by atoms with Gasteiger partial charge >= 0.3 is 5.97 Å². The molecule has 112 valence electrons. The summed E-state index contributed by atoms with van der Waals surface area (Å²) >= 11 is 0. The molecular formula is C20H20O2. The Morgan fingerprint density at radius 1 is 1.23 bits per heavy atom. The van der Waals surface area contributed by atoms with Gasteiger partial charge in [-0.1, -0.05) is 54.6 Å². The van der Waals surface area contributed by atoms with Gasteiger partial charge in [0.1, 0.15) is 6.10 Å². The van der Waals surface area contributed by atoms with E-state index in [0.717, 1.165) is 19.3 Å². The molecule has 3 atom stereocenters. The number of rotatable bonds is 2. The Kier molecular flexibility index (Phi) is 2.90. The van der Waals surface area contributed by atoms with Gasteiger partial charge in [-0.05, 0) is 42.5 Å². The van der Waals surface area contributed by atoms with E-state index in [1.165, 1.54) is 21.9 Å². The smallest absolute Gasteiger partial charge is 0.313 e. The average Bonchev–Trinajstić information content (AvgIpc) is 2.94. The van der Waals surface area contributed by atoms with Crippen molar-refractivity contribution in [1.82, 2.24) is 0 Å². The van der Waals surface area contributed by atoms with E-state index >= 15 is 0 Å². The Labute approximate surface area is 130 Å². The molecule has 2 aromatic carbocycles.